The van der Waals surface area contributed by atoms with Crippen LogP contribution in [0.1, 0.15) is 31.0 Å². The molecule has 1 aromatic heterocycles. The number of amides is 1. The van der Waals surface area contributed by atoms with Gasteiger partial charge in [-0.3, -0.25) is 9.89 Å². The van der Waals surface area contributed by atoms with Crippen molar-refractivity contribution in [3.8, 4) is 22.6 Å². The molecule has 150 valence electrons. The van der Waals surface area contributed by atoms with Gasteiger partial charge in [0, 0.05) is 12.1 Å². The lowest BCUT2D eigenvalue weighted by atomic mass is 10.0. The van der Waals surface area contributed by atoms with Crippen LogP contribution in [-0.4, -0.2) is 41.3 Å². The van der Waals surface area contributed by atoms with Gasteiger partial charge in [-0.2, -0.15) is 5.10 Å². The first-order valence-electron chi connectivity index (χ1n) is 9.91. The molecule has 1 atom stereocenters. The molecule has 0 radical (unpaired) electrons. The van der Waals surface area contributed by atoms with Crippen LogP contribution in [0.2, 0.25) is 0 Å². The van der Waals surface area contributed by atoms with Gasteiger partial charge in [-0.1, -0.05) is 30.3 Å². The van der Waals surface area contributed by atoms with E-state index in [1.807, 2.05) is 65.7 Å². The lowest BCUT2D eigenvalue weighted by Crippen LogP contribution is -2.32. The fourth-order valence-electron chi connectivity index (χ4n) is 3.85. The Labute approximate surface area is 170 Å². The van der Waals surface area contributed by atoms with Crippen LogP contribution in [0, 0.1) is 0 Å². The fourth-order valence-corrected chi connectivity index (χ4v) is 3.85. The van der Waals surface area contributed by atoms with Crippen LogP contribution in [0.5, 0.6) is 11.5 Å². The van der Waals surface area contributed by atoms with Crippen molar-refractivity contribution in [2.75, 3.05) is 20.3 Å². The quantitative estimate of drug-likeness (QED) is 0.655. The van der Waals surface area contributed by atoms with E-state index in [4.69, 9.17) is 9.47 Å². The largest absolute Gasteiger partial charge is 0.497 e. The van der Waals surface area contributed by atoms with E-state index in [-0.39, 0.29) is 11.9 Å². The third-order valence-corrected chi connectivity index (χ3v) is 5.28. The number of para-hydroxylation sites is 1. The second kappa shape index (κ2) is 8.82. The van der Waals surface area contributed by atoms with Crippen LogP contribution in [0.25, 0.3) is 11.1 Å². The molecule has 1 aliphatic heterocycles. The smallest absolute Gasteiger partial charge is 0.226 e. The molecule has 1 fully saturated rings. The maximum absolute atomic E-state index is 12.9. The zero-order chi connectivity index (χ0) is 20.1. The van der Waals surface area contributed by atoms with Gasteiger partial charge in [0.25, 0.3) is 0 Å². The van der Waals surface area contributed by atoms with Crippen molar-refractivity contribution >= 4 is 5.91 Å². The Morgan fingerprint density at radius 3 is 2.83 bits per heavy atom. The summed E-state index contributed by atoms with van der Waals surface area (Å²) in [5, 5.41) is 7.40. The minimum atomic E-state index is 0.00271. The maximum Gasteiger partial charge on any atom is 0.226 e. The van der Waals surface area contributed by atoms with Gasteiger partial charge in [-0.25, -0.2) is 0 Å². The first-order chi connectivity index (χ1) is 14.3. The van der Waals surface area contributed by atoms with Crippen molar-refractivity contribution in [3.63, 3.8) is 0 Å². The number of carbonyl (C=O) groups excluding carboxylic acids is 1. The summed E-state index contributed by atoms with van der Waals surface area (Å²) in [6, 6.07) is 17.5. The van der Waals surface area contributed by atoms with E-state index in [2.05, 4.69) is 10.2 Å². The molecule has 1 amide bonds. The van der Waals surface area contributed by atoms with Gasteiger partial charge < -0.3 is 14.4 Å². The molecule has 1 saturated heterocycles. The molecule has 0 aliphatic carbocycles. The van der Waals surface area contributed by atoms with Gasteiger partial charge >= 0.3 is 0 Å². The van der Waals surface area contributed by atoms with E-state index in [1.165, 1.54) is 0 Å². The van der Waals surface area contributed by atoms with Crippen molar-refractivity contribution in [1.82, 2.24) is 15.1 Å². The Morgan fingerprint density at radius 2 is 2.00 bits per heavy atom. The molecular formula is C23H25N3O3. The number of nitrogens with zero attached hydrogens (tertiary/aromatic N) is 2. The predicted molar refractivity (Wildman–Crippen MR) is 111 cm³/mol. The summed E-state index contributed by atoms with van der Waals surface area (Å²) in [7, 11) is 1.66. The highest BCUT2D eigenvalue weighted by molar-refractivity contribution is 5.78. The number of likely N-dealkylation sites (tertiary alicyclic amines) is 1. The van der Waals surface area contributed by atoms with Gasteiger partial charge in [-0.15, -0.1) is 0 Å². The molecule has 29 heavy (non-hydrogen) atoms. The zero-order valence-electron chi connectivity index (χ0n) is 16.5. The second-order valence-corrected chi connectivity index (χ2v) is 7.09. The lowest BCUT2D eigenvalue weighted by Gasteiger charge is -2.25. The van der Waals surface area contributed by atoms with Crippen LogP contribution in [0.15, 0.2) is 60.8 Å². The summed E-state index contributed by atoms with van der Waals surface area (Å²) in [6.07, 6.45) is 4.08. The van der Waals surface area contributed by atoms with Crippen molar-refractivity contribution < 1.29 is 14.3 Å². The molecule has 2 aromatic carbocycles. The van der Waals surface area contributed by atoms with E-state index in [0.717, 1.165) is 47.7 Å². The Kier molecular flexibility index (Phi) is 5.79. The highest BCUT2D eigenvalue weighted by atomic mass is 16.5. The van der Waals surface area contributed by atoms with Crippen molar-refractivity contribution in [1.29, 1.82) is 0 Å². The SMILES string of the molecule is COc1cccc(-c2cn[nH]c2[C@H]2CCCN2C(=O)CCOc2ccccc2)c1. The molecule has 1 N–H and O–H groups in total. The summed E-state index contributed by atoms with van der Waals surface area (Å²) in [5.74, 6) is 1.69. The number of hydrogen-bond donors (Lipinski definition) is 1. The summed E-state index contributed by atoms with van der Waals surface area (Å²) < 4.78 is 11.0. The number of methoxy groups -OCH3 is 1. The molecule has 0 saturated carbocycles. The standard InChI is InChI=1S/C23H25N3O3/c1-28-19-10-5-7-17(15-19)20-16-24-25-23(20)21-11-6-13-26(21)22(27)12-14-29-18-8-3-2-4-9-18/h2-5,7-10,15-16,21H,6,11-14H2,1H3,(H,24,25)/t21-/m1/s1. The minimum absolute atomic E-state index is 0.00271. The van der Waals surface area contributed by atoms with Gasteiger partial charge in [-0.05, 0) is 42.7 Å². The Bertz CT molecular complexity index is 955. The summed E-state index contributed by atoms with van der Waals surface area (Å²) in [4.78, 5) is 14.8. The highest BCUT2D eigenvalue weighted by Crippen LogP contribution is 2.37. The van der Waals surface area contributed by atoms with Gasteiger partial charge in [0.15, 0.2) is 0 Å². The zero-order valence-corrected chi connectivity index (χ0v) is 16.5. The fraction of sp³-hybridized carbons (Fsp3) is 0.304. The Morgan fingerprint density at radius 1 is 1.17 bits per heavy atom. The maximum atomic E-state index is 12.9. The monoisotopic (exact) mass is 391 g/mol. The molecule has 6 nitrogen and oxygen atoms in total. The predicted octanol–water partition coefficient (Wildman–Crippen LogP) is 4.22. The Hall–Kier alpha value is -3.28. The third kappa shape index (κ3) is 4.26. The molecule has 0 spiro atoms. The highest BCUT2D eigenvalue weighted by Gasteiger charge is 2.32. The van der Waals surface area contributed by atoms with E-state index in [9.17, 15) is 4.79 Å². The average molecular weight is 391 g/mol. The molecule has 6 heteroatoms. The van der Waals surface area contributed by atoms with Crippen LogP contribution in [0.3, 0.4) is 0 Å². The van der Waals surface area contributed by atoms with Crippen molar-refractivity contribution in [3.05, 3.63) is 66.5 Å². The lowest BCUT2D eigenvalue weighted by molar-refractivity contribution is -0.132. The Balaban J connectivity index is 1.46. The van der Waals surface area contributed by atoms with Crippen LogP contribution < -0.4 is 9.47 Å². The number of hydrogen-bond acceptors (Lipinski definition) is 4. The number of aromatic nitrogens is 2. The number of carbonyl (C=O) groups is 1. The molecule has 4 rings (SSSR count). The first kappa shape index (κ1) is 19.1. The van der Waals surface area contributed by atoms with E-state index in [1.54, 1.807) is 7.11 Å². The van der Waals surface area contributed by atoms with E-state index >= 15 is 0 Å². The van der Waals surface area contributed by atoms with E-state index < -0.39 is 0 Å². The number of rotatable bonds is 7. The first-order valence-corrected chi connectivity index (χ1v) is 9.91. The number of H-pyrrole nitrogens is 1. The minimum Gasteiger partial charge on any atom is -0.497 e. The molecular weight excluding hydrogens is 366 g/mol. The van der Waals surface area contributed by atoms with Gasteiger partial charge in [0.05, 0.1) is 38.1 Å². The normalized spacial score (nSPS) is 16.0. The number of nitrogens with one attached hydrogen (secondary N) is 1. The van der Waals surface area contributed by atoms with E-state index in [0.29, 0.717) is 13.0 Å². The van der Waals surface area contributed by atoms with Gasteiger partial charge in [0.1, 0.15) is 11.5 Å². The topological polar surface area (TPSA) is 67.5 Å². The average Bonchev–Trinajstić information content (AvgIpc) is 3.43. The van der Waals surface area contributed by atoms with Crippen molar-refractivity contribution in [2.45, 2.75) is 25.3 Å². The molecule has 2 heterocycles. The van der Waals surface area contributed by atoms with Crippen LogP contribution in [-0.2, 0) is 4.79 Å². The second-order valence-electron chi connectivity index (χ2n) is 7.09. The number of ether oxygens (including phenoxy) is 2. The molecule has 3 aromatic rings. The number of aromatic amines is 1. The summed E-state index contributed by atoms with van der Waals surface area (Å²) in [6.45, 7) is 1.13. The third-order valence-electron chi connectivity index (χ3n) is 5.28. The van der Waals surface area contributed by atoms with Crippen LogP contribution >= 0.6 is 0 Å². The summed E-state index contributed by atoms with van der Waals surface area (Å²) in [5.41, 5.74) is 3.02. The van der Waals surface area contributed by atoms with Crippen molar-refractivity contribution in [2.24, 2.45) is 0 Å². The summed E-state index contributed by atoms with van der Waals surface area (Å²) >= 11 is 0. The molecule has 0 bridgehead atoms. The number of benzene rings is 2. The molecule has 1 aliphatic rings. The molecule has 0 unspecified atom stereocenters. The van der Waals surface area contributed by atoms with Gasteiger partial charge in [0.2, 0.25) is 5.91 Å². The van der Waals surface area contributed by atoms with Crippen LogP contribution in [0.4, 0.5) is 0 Å².